The molecule has 2 saturated carbocycles. The molecule has 0 aromatic heterocycles. The first kappa shape index (κ1) is 15.3. The molecule has 0 radical (unpaired) electrons. The van der Waals surface area contributed by atoms with Crippen LogP contribution in [-0.4, -0.2) is 23.8 Å². The zero-order valence-corrected chi connectivity index (χ0v) is 12.6. The van der Waals surface area contributed by atoms with E-state index in [2.05, 4.69) is 10.6 Å². The van der Waals surface area contributed by atoms with Crippen LogP contribution in [0.1, 0.15) is 43.7 Å². The van der Waals surface area contributed by atoms with Gasteiger partial charge in [0.25, 0.3) is 0 Å². The normalized spacial score (nSPS) is 20.3. The van der Waals surface area contributed by atoms with Crippen molar-refractivity contribution >= 4 is 6.03 Å². The van der Waals surface area contributed by atoms with E-state index >= 15 is 0 Å². The lowest BCUT2D eigenvalue weighted by Gasteiger charge is -2.22. The Labute approximate surface area is 130 Å². The summed E-state index contributed by atoms with van der Waals surface area (Å²) in [7, 11) is 0. The Morgan fingerprint density at radius 2 is 1.77 bits per heavy atom. The number of urea groups is 1. The van der Waals surface area contributed by atoms with Crippen molar-refractivity contribution in [2.75, 3.05) is 6.61 Å². The van der Waals surface area contributed by atoms with Crippen molar-refractivity contribution in [2.24, 2.45) is 11.8 Å². The number of benzene rings is 1. The second kappa shape index (κ2) is 6.65. The fraction of sp³-hybridized carbons (Fsp3) is 0.588. The molecule has 3 N–H and O–H groups in total. The minimum Gasteiger partial charge on any atom is -0.396 e. The summed E-state index contributed by atoms with van der Waals surface area (Å²) < 4.78 is 13.1. The summed E-state index contributed by atoms with van der Waals surface area (Å²) in [4.78, 5) is 12.3. The minimum atomic E-state index is -0.264. The Morgan fingerprint density at radius 1 is 1.14 bits per heavy atom. The summed E-state index contributed by atoms with van der Waals surface area (Å²) in [6, 6.07) is 6.15. The predicted molar refractivity (Wildman–Crippen MR) is 81.7 cm³/mol. The number of hydrogen-bond donors (Lipinski definition) is 3. The van der Waals surface area contributed by atoms with E-state index in [9.17, 15) is 9.18 Å². The molecule has 0 spiro atoms. The standard InChI is InChI=1S/C17H23FN2O2/c18-14-7-5-13(6-8-14)16(12-3-4-12)20-17(22)19-15(9-10-21)11-1-2-11/h5-8,11-12,15-16,21H,1-4,9-10H2,(H2,19,20,22)/t15-,16-/m0/s1. The van der Waals surface area contributed by atoms with Crippen LogP contribution < -0.4 is 10.6 Å². The van der Waals surface area contributed by atoms with Gasteiger partial charge in [-0.05, 0) is 61.6 Å². The van der Waals surface area contributed by atoms with Crippen LogP contribution in [0.3, 0.4) is 0 Å². The number of aliphatic hydroxyl groups is 1. The van der Waals surface area contributed by atoms with Crippen LogP contribution in [0.4, 0.5) is 9.18 Å². The van der Waals surface area contributed by atoms with Gasteiger partial charge in [-0.25, -0.2) is 9.18 Å². The molecule has 1 aromatic carbocycles. The van der Waals surface area contributed by atoms with E-state index in [-0.39, 0.29) is 30.5 Å². The van der Waals surface area contributed by atoms with Crippen molar-refractivity contribution in [1.29, 1.82) is 0 Å². The van der Waals surface area contributed by atoms with Crippen LogP contribution in [0.15, 0.2) is 24.3 Å². The number of hydrogen-bond acceptors (Lipinski definition) is 2. The molecule has 2 aliphatic carbocycles. The summed E-state index contributed by atoms with van der Waals surface area (Å²) in [5.74, 6) is 0.677. The molecule has 0 saturated heterocycles. The third kappa shape index (κ3) is 3.97. The second-order valence-electron chi connectivity index (χ2n) is 6.44. The Morgan fingerprint density at radius 3 is 2.32 bits per heavy atom. The highest BCUT2D eigenvalue weighted by Gasteiger charge is 2.35. The molecule has 2 fully saturated rings. The molecular formula is C17H23FN2O2. The van der Waals surface area contributed by atoms with Gasteiger partial charge >= 0.3 is 6.03 Å². The van der Waals surface area contributed by atoms with Crippen LogP contribution in [0.25, 0.3) is 0 Å². The molecule has 2 aliphatic rings. The first-order chi connectivity index (χ1) is 10.7. The second-order valence-corrected chi connectivity index (χ2v) is 6.44. The van der Waals surface area contributed by atoms with Gasteiger partial charge in [0.15, 0.2) is 0 Å². The van der Waals surface area contributed by atoms with E-state index in [4.69, 9.17) is 5.11 Å². The highest BCUT2D eigenvalue weighted by molar-refractivity contribution is 5.75. The largest absolute Gasteiger partial charge is 0.396 e. The van der Waals surface area contributed by atoms with Crippen LogP contribution in [-0.2, 0) is 0 Å². The molecule has 0 unspecified atom stereocenters. The number of carbonyl (C=O) groups is 1. The maximum atomic E-state index is 13.1. The quantitative estimate of drug-likeness (QED) is 0.725. The number of amides is 2. The SMILES string of the molecule is O=C(N[C@@H](CCO)C1CC1)N[C@H](c1ccc(F)cc1)C1CC1. The van der Waals surface area contributed by atoms with E-state index in [1.165, 1.54) is 12.1 Å². The highest BCUT2D eigenvalue weighted by atomic mass is 19.1. The lowest BCUT2D eigenvalue weighted by molar-refractivity contribution is 0.220. The summed E-state index contributed by atoms with van der Waals surface area (Å²) in [5.41, 5.74) is 0.948. The third-order valence-corrected chi connectivity index (χ3v) is 4.56. The van der Waals surface area contributed by atoms with E-state index < -0.39 is 0 Å². The molecule has 0 bridgehead atoms. The van der Waals surface area contributed by atoms with Crippen molar-refractivity contribution in [2.45, 2.75) is 44.2 Å². The minimum absolute atomic E-state index is 0.0538. The average molecular weight is 306 g/mol. The third-order valence-electron chi connectivity index (χ3n) is 4.56. The zero-order valence-electron chi connectivity index (χ0n) is 12.6. The summed E-state index contributed by atoms with van der Waals surface area (Å²) in [6.07, 6.45) is 5.02. The Kier molecular flexibility index (Phi) is 4.62. The molecular weight excluding hydrogens is 283 g/mol. The first-order valence-electron chi connectivity index (χ1n) is 8.10. The average Bonchev–Trinajstić information content (AvgIpc) is 3.39. The van der Waals surface area contributed by atoms with Crippen molar-refractivity contribution in [3.05, 3.63) is 35.6 Å². The van der Waals surface area contributed by atoms with Gasteiger partial charge in [0.2, 0.25) is 0 Å². The number of nitrogens with one attached hydrogen (secondary N) is 2. The first-order valence-corrected chi connectivity index (χ1v) is 8.10. The van der Waals surface area contributed by atoms with Crippen molar-refractivity contribution < 1.29 is 14.3 Å². The van der Waals surface area contributed by atoms with E-state index in [1.807, 2.05) is 0 Å². The molecule has 1 aromatic rings. The Hall–Kier alpha value is -1.62. The predicted octanol–water partition coefficient (Wildman–Crippen LogP) is 2.74. The molecule has 22 heavy (non-hydrogen) atoms. The molecule has 5 heteroatoms. The molecule has 0 aliphatic heterocycles. The van der Waals surface area contributed by atoms with Crippen molar-refractivity contribution in [3.8, 4) is 0 Å². The molecule has 0 heterocycles. The van der Waals surface area contributed by atoms with Crippen LogP contribution in [0, 0.1) is 17.7 Å². The summed E-state index contributed by atoms with van der Waals surface area (Å²) >= 11 is 0. The molecule has 2 amide bonds. The summed E-state index contributed by atoms with van der Waals surface area (Å²) in [6.45, 7) is 0.0888. The maximum absolute atomic E-state index is 13.1. The van der Waals surface area contributed by atoms with E-state index in [0.29, 0.717) is 18.3 Å². The summed E-state index contributed by atoms with van der Waals surface area (Å²) in [5, 5.41) is 15.1. The van der Waals surface area contributed by atoms with Crippen LogP contribution in [0.2, 0.25) is 0 Å². The van der Waals surface area contributed by atoms with Gasteiger partial charge in [0.05, 0.1) is 6.04 Å². The van der Waals surface area contributed by atoms with Gasteiger partial charge in [-0.3, -0.25) is 0 Å². The highest BCUT2D eigenvalue weighted by Crippen LogP contribution is 2.41. The van der Waals surface area contributed by atoms with Crippen LogP contribution in [0.5, 0.6) is 0 Å². The number of aliphatic hydroxyl groups excluding tert-OH is 1. The topological polar surface area (TPSA) is 61.4 Å². The van der Waals surface area contributed by atoms with Gasteiger partial charge in [0, 0.05) is 12.6 Å². The monoisotopic (exact) mass is 306 g/mol. The van der Waals surface area contributed by atoms with Crippen molar-refractivity contribution in [3.63, 3.8) is 0 Å². The van der Waals surface area contributed by atoms with Crippen molar-refractivity contribution in [1.82, 2.24) is 10.6 Å². The van der Waals surface area contributed by atoms with Gasteiger partial charge in [-0.2, -0.15) is 0 Å². The van der Waals surface area contributed by atoms with Gasteiger partial charge in [-0.1, -0.05) is 12.1 Å². The van der Waals surface area contributed by atoms with Crippen LogP contribution >= 0.6 is 0 Å². The lowest BCUT2D eigenvalue weighted by Crippen LogP contribution is -2.45. The molecule has 4 nitrogen and oxygen atoms in total. The van der Waals surface area contributed by atoms with E-state index in [1.54, 1.807) is 12.1 Å². The molecule has 3 rings (SSSR count). The molecule has 120 valence electrons. The van der Waals surface area contributed by atoms with Gasteiger partial charge in [0.1, 0.15) is 5.82 Å². The fourth-order valence-corrected chi connectivity index (χ4v) is 2.99. The fourth-order valence-electron chi connectivity index (χ4n) is 2.99. The maximum Gasteiger partial charge on any atom is 0.315 e. The zero-order chi connectivity index (χ0) is 15.5. The number of halogens is 1. The van der Waals surface area contributed by atoms with Gasteiger partial charge < -0.3 is 15.7 Å². The Bertz CT molecular complexity index is 512. The number of carbonyl (C=O) groups excluding carboxylic acids is 1. The van der Waals surface area contributed by atoms with Gasteiger partial charge in [-0.15, -0.1) is 0 Å². The molecule has 2 atom stereocenters. The lowest BCUT2D eigenvalue weighted by atomic mass is 10.0. The van der Waals surface area contributed by atoms with E-state index in [0.717, 1.165) is 31.2 Å². The number of rotatable bonds is 7. The smallest absolute Gasteiger partial charge is 0.315 e. The Balaban J connectivity index is 1.60.